The highest BCUT2D eigenvalue weighted by Gasteiger charge is 2.27. The van der Waals surface area contributed by atoms with E-state index in [4.69, 9.17) is 19.7 Å². The highest BCUT2D eigenvalue weighted by molar-refractivity contribution is 5.15. The Balaban J connectivity index is 1.71. The molecule has 1 fully saturated rings. The van der Waals surface area contributed by atoms with Crippen molar-refractivity contribution < 1.29 is 14.0 Å². The molecule has 2 aliphatic rings. The standard InChI is InChI=1S/C11H15N3O3/c12-8-2-1-7(5-8)11-13-10(14-17-11)9-6-15-3-4-16-9/h1-2,7-9H,3-6,12H2. The SMILES string of the molecule is NC1C=CC(c2nc(C3COCCO3)no2)C1. The van der Waals surface area contributed by atoms with E-state index in [1.54, 1.807) is 0 Å². The third-order valence-electron chi connectivity index (χ3n) is 3.00. The van der Waals surface area contributed by atoms with Crippen LogP contribution in [0.4, 0.5) is 0 Å². The van der Waals surface area contributed by atoms with E-state index in [-0.39, 0.29) is 18.1 Å². The van der Waals surface area contributed by atoms with Crippen molar-refractivity contribution >= 4 is 0 Å². The van der Waals surface area contributed by atoms with Crippen LogP contribution in [0.3, 0.4) is 0 Å². The van der Waals surface area contributed by atoms with Crippen molar-refractivity contribution in [2.75, 3.05) is 19.8 Å². The molecule has 2 heterocycles. The van der Waals surface area contributed by atoms with Crippen molar-refractivity contribution in [3.63, 3.8) is 0 Å². The van der Waals surface area contributed by atoms with E-state index in [0.717, 1.165) is 6.42 Å². The monoisotopic (exact) mass is 237 g/mol. The van der Waals surface area contributed by atoms with Gasteiger partial charge in [0.15, 0.2) is 0 Å². The van der Waals surface area contributed by atoms with Gasteiger partial charge in [-0.25, -0.2) is 0 Å². The summed E-state index contributed by atoms with van der Waals surface area (Å²) in [5.41, 5.74) is 5.79. The molecule has 17 heavy (non-hydrogen) atoms. The number of rotatable bonds is 2. The number of hydrogen-bond donors (Lipinski definition) is 1. The molecule has 0 spiro atoms. The van der Waals surface area contributed by atoms with Crippen LogP contribution in [0.1, 0.15) is 30.2 Å². The van der Waals surface area contributed by atoms with Crippen LogP contribution < -0.4 is 5.73 Å². The van der Waals surface area contributed by atoms with Crippen LogP contribution in [-0.2, 0) is 9.47 Å². The largest absolute Gasteiger partial charge is 0.376 e. The lowest BCUT2D eigenvalue weighted by Crippen LogP contribution is -2.22. The Morgan fingerprint density at radius 2 is 2.24 bits per heavy atom. The topological polar surface area (TPSA) is 83.4 Å². The van der Waals surface area contributed by atoms with E-state index < -0.39 is 0 Å². The average Bonchev–Trinajstić information content (AvgIpc) is 2.98. The van der Waals surface area contributed by atoms with E-state index in [0.29, 0.717) is 31.5 Å². The Kier molecular flexibility index (Phi) is 2.92. The molecule has 1 aliphatic heterocycles. The molecule has 0 saturated carbocycles. The van der Waals surface area contributed by atoms with Gasteiger partial charge < -0.3 is 19.7 Å². The first-order chi connectivity index (χ1) is 8.33. The molecule has 1 aromatic rings. The van der Waals surface area contributed by atoms with Crippen molar-refractivity contribution in [3.05, 3.63) is 23.9 Å². The Bertz CT molecular complexity index is 412. The van der Waals surface area contributed by atoms with Crippen LogP contribution in [0.2, 0.25) is 0 Å². The Morgan fingerprint density at radius 1 is 1.29 bits per heavy atom. The maximum atomic E-state index is 5.79. The van der Waals surface area contributed by atoms with E-state index in [9.17, 15) is 0 Å². The quantitative estimate of drug-likeness (QED) is 0.755. The Labute approximate surface area is 98.8 Å². The molecule has 92 valence electrons. The van der Waals surface area contributed by atoms with Gasteiger partial charge >= 0.3 is 0 Å². The van der Waals surface area contributed by atoms with E-state index >= 15 is 0 Å². The van der Waals surface area contributed by atoms with Gasteiger partial charge in [0.25, 0.3) is 0 Å². The molecule has 0 radical (unpaired) electrons. The van der Waals surface area contributed by atoms with Gasteiger partial charge in [-0.2, -0.15) is 4.98 Å². The van der Waals surface area contributed by atoms with E-state index in [2.05, 4.69) is 10.1 Å². The Morgan fingerprint density at radius 3 is 2.94 bits per heavy atom. The first-order valence-corrected chi connectivity index (χ1v) is 5.79. The lowest BCUT2D eigenvalue weighted by atomic mass is 10.1. The van der Waals surface area contributed by atoms with Gasteiger partial charge in [-0.1, -0.05) is 17.3 Å². The third kappa shape index (κ3) is 2.24. The second kappa shape index (κ2) is 4.56. The normalized spacial score (nSPS) is 33.1. The molecule has 1 aliphatic carbocycles. The summed E-state index contributed by atoms with van der Waals surface area (Å²) in [4.78, 5) is 4.36. The fourth-order valence-corrected chi connectivity index (χ4v) is 2.08. The zero-order valence-electron chi connectivity index (χ0n) is 9.41. The van der Waals surface area contributed by atoms with Crippen molar-refractivity contribution in [2.24, 2.45) is 5.73 Å². The summed E-state index contributed by atoms with van der Waals surface area (Å²) in [5.74, 6) is 1.31. The molecule has 0 amide bonds. The van der Waals surface area contributed by atoms with Gasteiger partial charge in [0.1, 0.15) is 6.10 Å². The molecular formula is C11H15N3O3. The fourth-order valence-electron chi connectivity index (χ4n) is 2.08. The number of aromatic nitrogens is 2. The second-order valence-corrected chi connectivity index (χ2v) is 4.32. The summed E-state index contributed by atoms with van der Waals surface area (Å²) >= 11 is 0. The van der Waals surface area contributed by atoms with Crippen LogP contribution in [0.5, 0.6) is 0 Å². The van der Waals surface area contributed by atoms with Crippen LogP contribution in [0.15, 0.2) is 16.7 Å². The minimum Gasteiger partial charge on any atom is -0.376 e. The smallest absolute Gasteiger partial charge is 0.233 e. The van der Waals surface area contributed by atoms with E-state index in [1.807, 2.05) is 12.2 Å². The van der Waals surface area contributed by atoms with Gasteiger partial charge in [0.2, 0.25) is 11.7 Å². The molecular weight excluding hydrogens is 222 g/mol. The summed E-state index contributed by atoms with van der Waals surface area (Å²) in [6.45, 7) is 1.68. The number of ether oxygens (including phenoxy) is 2. The minimum atomic E-state index is -0.208. The molecule has 3 rings (SSSR count). The number of hydrogen-bond acceptors (Lipinski definition) is 6. The van der Waals surface area contributed by atoms with Gasteiger partial charge in [0, 0.05) is 6.04 Å². The molecule has 3 atom stereocenters. The summed E-state index contributed by atoms with van der Waals surface area (Å²) in [7, 11) is 0. The summed E-state index contributed by atoms with van der Waals surface area (Å²) in [6, 6.07) is 0.0876. The lowest BCUT2D eigenvalue weighted by Gasteiger charge is -2.19. The predicted molar refractivity (Wildman–Crippen MR) is 58.3 cm³/mol. The number of allylic oxidation sites excluding steroid dienone is 1. The maximum absolute atomic E-state index is 5.79. The predicted octanol–water partition coefficient (Wildman–Crippen LogP) is 0.528. The van der Waals surface area contributed by atoms with Gasteiger partial charge in [-0.3, -0.25) is 0 Å². The summed E-state index contributed by atoms with van der Waals surface area (Å²) < 4.78 is 16.1. The molecule has 0 bridgehead atoms. The zero-order valence-corrected chi connectivity index (χ0v) is 9.41. The molecule has 6 nitrogen and oxygen atoms in total. The van der Waals surface area contributed by atoms with Gasteiger partial charge in [-0.05, 0) is 6.42 Å². The van der Waals surface area contributed by atoms with Gasteiger partial charge in [-0.15, -0.1) is 0 Å². The van der Waals surface area contributed by atoms with Crippen LogP contribution in [-0.4, -0.2) is 36.0 Å². The zero-order chi connectivity index (χ0) is 11.7. The lowest BCUT2D eigenvalue weighted by molar-refractivity contribution is -0.0941. The van der Waals surface area contributed by atoms with Crippen molar-refractivity contribution in [1.82, 2.24) is 10.1 Å². The highest BCUT2D eigenvalue weighted by Crippen LogP contribution is 2.28. The average molecular weight is 237 g/mol. The molecule has 1 saturated heterocycles. The van der Waals surface area contributed by atoms with Crippen molar-refractivity contribution in [3.8, 4) is 0 Å². The summed E-state index contributed by atoms with van der Waals surface area (Å²) in [6.07, 6.45) is 4.60. The fraction of sp³-hybridized carbons (Fsp3) is 0.636. The molecule has 6 heteroatoms. The minimum absolute atomic E-state index is 0.0876. The van der Waals surface area contributed by atoms with Gasteiger partial charge in [0.05, 0.1) is 25.7 Å². The third-order valence-corrected chi connectivity index (χ3v) is 3.00. The molecule has 1 aromatic heterocycles. The van der Waals surface area contributed by atoms with Crippen LogP contribution in [0, 0.1) is 0 Å². The van der Waals surface area contributed by atoms with Crippen LogP contribution >= 0.6 is 0 Å². The van der Waals surface area contributed by atoms with Crippen molar-refractivity contribution in [2.45, 2.75) is 24.5 Å². The van der Waals surface area contributed by atoms with Crippen molar-refractivity contribution in [1.29, 1.82) is 0 Å². The van der Waals surface area contributed by atoms with E-state index in [1.165, 1.54) is 0 Å². The Hall–Kier alpha value is -1.24. The maximum Gasteiger partial charge on any atom is 0.233 e. The molecule has 2 N–H and O–H groups in total. The molecule has 3 unspecified atom stereocenters. The number of nitrogens with two attached hydrogens (primary N) is 1. The first kappa shape index (κ1) is 10.9. The summed E-state index contributed by atoms with van der Waals surface area (Å²) in [5, 5.41) is 3.94. The molecule has 0 aromatic carbocycles. The number of nitrogens with zero attached hydrogens (tertiary/aromatic N) is 2. The first-order valence-electron chi connectivity index (χ1n) is 5.79. The van der Waals surface area contributed by atoms with Crippen LogP contribution in [0.25, 0.3) is 0 Å². The highest BCUT2D eigenvalue weighted by atomic mass is 16.6. The second-order valence-electron chi connectivity index (χ2n) is 4.32.